The summed E-state index contributed by atoms with van der Waals surface area (Å²) in [6.07, 6.45) is 3.69. The number of aryl methyl sites for hydroxylation is 2. The van der Waals surface area contributed by atoms with E-state index in [1.807, 2.05) is 13.8 Å². The second-order valence-corrected chi connectivity index (χ2v) is 10.3. The molecule has 1 aromatic heterocycles. The molecule has 4 rings (SSSR count). The fourth-order valence-electron chi connectivity index (χ4n) is 4.33. The van der Waals surface area contributed by atoms with Gasteiger partial charge in [-0.2, -0.15) is 9.29 Å². The third-order valence-electron chi connectivity index (χ3n) is 6.06. The Morgan fingerprint density at radius 2 is 2.06 bits per heavy atom. The van der Waals surface area contributed by atoms with E-state index in [0.717, 1.165) is 34.0 Å². The lowest BCUT2D eigenvalue weighted by Gasteiger charge is -2.34. The Bertz CT molecular complexity index is 1170. The Morgan fingerprint density at radius 3 is 2.79 bits per heavy atom. The van der Waals surface area contributed by atoms with Gasteiger partial charge in [-0.05, 0) is 45.2 Å². The number of nitrogens with one attached hydrogen (secondary N) is 2. The first-order valence-corrected chi connectivity index (χ1v) is 12.9. The van der Waals surface area contributed by atoms with Crippen molar-refractivity contribution in [2.24, 2.45) is 0 Å². The number of ether oxygens (including phenoxy) is 1. The van der Waals surface area contributed by atoms with Gasteiger partial charge in [0.15, 0.2) is 0 Å². The van der Waals surface area contributed by atoms with Gasteiger partial charge < -0.3 is 15.4 Å². The molecule has 2 amide bonds. The van der Waals surface area contributed by atoms with Crippen molar-refractivity contribution in [1.82, 2.24) is 24.9 Å². The lowest BCUT2D eigenvalue weighted by Crippen LogP contribution is -2.58. The van der Waals surface area contributed by atoms with Gasteiger partial charge in [0.05, 0.1) is 29.7 Å². The van der Waals surface area contributed by atoms with Gasteiger partial charge in [-0.15, -0.1) is 0 Å². The maximum atomic E-state index is 13.3. The van der Waals surface area contributed by atoms with Crippen LogP contribution in [0.5, 0.6) is 6.01 Å². The smallest absolute Gasteiger partial charge is 0.316 e. The summed E-state index contributed by atoms with van der Waals surface area (Å²) in [5, 5.41) is 5.63. The molecule has 1 aliphatic heterocycles. The van der Waals surface area contributed by atoms with Crippen molar-refractivity contribution < 1.29 is 22.7 Å². The highest BCUT2D eigenvalue weighted by Gasteiger charge is 2.40. The zero-order valence-electron chi connectivity index (χ0n) is 19.3. The van der Waals surface area contributed by atoms with Crippen LogP contribution in [0.2, 0.25) is 0 Å². The lowest BCUT2D eigenvalue weighted by atomic mass is 9.92. The van der Waals surface area contributed by atoms with Crippen molar-refractivity contribution in [3.63, 3.8) is 0 Å². The Kier molecular flexibility index (Phi) is 7.13. The molecule has 1 aromatic carbocycles. The number of hydrogen-bond acceptors (Lipinski definition) is 7. The molecule has 1 aliphatic carbocycles. The number of sulfonamides is 1. The molecule has 34 heavy (non-hydrogen) atoms. The SMILES string of the molecule is CCOc1ncc2c(n1)CCCC2NC(=O)CC1C(=O)NCCN1S(=O)(=O)c1ccc(C)cc1. The minimum Gasteiger partial charge on any atom is -0.464 e. The molecule has 2 unspecified atom stereocenters. The highest BCUT2D eigenvalue weighted by Crippen LogP contribution is 2.29. The van der Waals surface area contributed by atoms with Crippen molar-refractivity contribution >= 4 is 21.8 Å². The van der Waals surface area contributed by atoms with E-state index in [1.165, 1.54) is 12.1 Å². The fraction of sp³-hybridized carbons (Fsp3) is 0.478. The predicted octanol–water partition coefficient (Wildman–Crippen LogP) is 1.26. The summed E-state index contributed by atoms with van der Waals surface area (Å²) in [5.41, 5.74) is 2.57. The first kappa shape index (κ1) is 24.1. The summed E-state index contributed by atoms with van der Waals surface area (Å²) in [4.78, 5) is 34.4. The number of hydrogen-bond donors (Lipinski definition) is 2. The van der Waals surface area contributed by atoms with Crippen LogP contribution in [0.3, 0.4) is 0 Å². The molecule has 0 radical (unpaired) electrons. The quantitative estimate of drug-likeness (QED) is 0.601. The van der Waals surface area contributed by atoms with Gasteiger partial charge in [-0.1, -0.05) is 17.7 Å². The predicted molar refractivity (Wildman–Crippen MR) is 124 cm³/mol. The van der Waals surface area contributed by atoms with Gasteiger partial charge in [0.2, 0.25) is 21.8 Å². The molecule has 10 nitrogen and oxygen atoms in total. The molecule has 2 aliphatic rings. The summed E-state index contributed by atoms with van der Waals surface area (Å²) < 4.78 is 33.0. The van der Waals surface area contributed by atoms with Crippen LogP contribution in [0.25, 0.3) is 0 Å². The van der Waals surface area contributed by atoms with Crippen LogP contribution in [0.4, 0.5) is 0 Å². The van der Waals surface area contributed by atoms with Crippen LogP contribution < -0.4 is 15.4 Å². The number of amides is 2. The lowest BCUT2D eigenvalue weighted by molar-refractivity contribution is -0.132. The third kappa shape index (κ3) is 5.05. The summed E-state index contributed by atoms with van der Waals surface area (Å²) in [7, 11) is -3.94. The maximum Gasteiger partial charge on any atom is 0.316 e. The molecule has 2 N–H and O–H groups in total. The maximum absolute atomic E-state index is 13.3. The molecular formula is C23H29N5O5S. The Labute approximate surface area is 199 Å². The monoisotopic (exact) mass is 487 g/mol. The highest BCUT2D eigenvalue weighted by atomic mass is 32.2. The molecule has 1 fully saturated rings. The standard InChI is InChI=1S/C23H29N5O5S/c1-3-33-23-25-14-17-18(5-4-6-19(17)27-23)26-21(29)13-20-22(30)24-11-12-28(20)34(31,32)16-9-7-15(2)8-10-16/h7-10,14,18,20H,3-6,11-13H2,1-2H3,(H,24,30)(H,26,29). The van der Waals surface area contributed by atoms with Crippen molar-refractivity contribution in [2.45, 2.75) is 56.5 Å². The molecule has 0 bridgehead atoms. The highest BCUT2D eigenvalue weighted by molar-refractivity contribution is 7.89. The summed E-state index contributed by atoms with van der Waals surface area (Å²) >= 11 is 0. The van der Waals surface area contributed by atoms with Crippen LogP contribution in [0.15, 0.2) is 35.4 Å². The molecule has 2 heterocycles. The molecule has 1 saturated heterocycles. The Morgan fingerprint density at radius 1 is 1.29 bits per heavy atom. The zero-order valence-corrected chi connectivity index (χ0v) is 20.1. The van der Waals surface area contributed by atoms with Gasteiger partial charge in [0, 0.05) is 24.8 Å². The molecule has 182 valence electrons. The number of fused-ring (bicyclic) bond motifs is 1. The van der Waals surface area contributed by atoms with Gasteiger partial charge in [-0.3, -0.25) is 9.59 Å². The number of benzene rings is 1. The second kappa shape index (κ2) is 10.1. The van der Waals surface area contributed by atoms with E-state index in [2.05, 4.69) is 20.6 Å². The van der Waals surface area contributed by atoms with Crippen molar-refractivity contribution in [1.29, 1.82) is 0 Å². The number of rotatable bonds is 7. The summed E-state index contributed by atoms with van der Waals surface area (Å²) in [6, 6.07) is 5.33. The van der Waals surface area contributed by atoms with E-state index in [-0.39, 0.29) is 30.4 Å². The van der Waals surface area contributed by atoms with Gasteiger partial charge in [0.25, 0.3) is 0 Å². The minimum atomic E-state index is -3.94. The van der Waals surface area contributed by atoms with E-state index < -0.39 is 27.9 Å². The number of carbonyl (C=O) groups excluding carboxylic acids is 2. The molecule has 0 saturated carbocycles. The van der Waals surface area contributed by atoms with Gasteiger partial charge in [-0.25, -0.2) is 13.4 Å². The van der Waals surface area contributed by atoms with Crippen molar-refractivity contribution in [3.8, 4) is 6.01 Å². The van der Waals surface area contributed by atoms with E-state index >= 15 is 0 Å². The summed E-state index contributed by atoms with van der Waals surface area (Å²) in [5.74, 6) is -0.885. The first-order chi connectivity index (χ1) is 16.3. The first-order valence-electron chi connectivity index (χ1n) is 11.4. The van der Waals surface area contributed by atoms with Crippen LogP contribution in [-0.2, 0) is 26.0 Å². The van der Waals surface area contributed by atoms with E-state index in [9.17, 15) is 18.0 Å². The van der Waals surface area contributed by atoms with Crippen LogP contribution in [0.1, 0.15) is 49.0 Å². The average molecular weight is 488 g/mol. The average Bonchev–Trinajstić information content (AvgIpc) is 2.81. The number of nitrogens with zero attached hydrogens (tertiary/aromatic N) is 3. The third-order valence-corrected chi connectivity index (χ3v) is 7.98. The second-order valence-electron chi connectivity index (χ2n) is 8.44. The van der Waals surface area contributed by atoms with E-state index in [0.29, 0.717) is 19.0 Å². The van der Waals surface area contributed by atoms with Crippen molar-refractivity contribution in [2.75, 3.05) is 19.7 Å². The molecule has 0 spiro atoms. The largest absolute Gasteiger partial charge is 0.464 e. The number of aromatic nitrogens is 2. The van der Waals surface area contributed by atoms with Gasteiger partial charge >= 0.3 is 6.01 Å². The minimum absolute atomic E-state index is 0.0974. The van der Waals surface area contributed by atoms with Crippen LogP contribution >= 0.6 is 0 Å². The Hall–Kier alpha value is -3.05. The Balaban J connectivity index is 1.50. The molecule has 11 heteroatoms. The fourth-order valence-corrected chi connectivity index (χ4v) is 5.92. The molecule has 2 atom stereocenters. The summed E-state index contributed by atoms with van der Waals surface area (Å²) in [6.45, 7) is 4.47. The molecular weight excluding hydrogens is 458 g/mol. The normalized spacial score (nSPS) is 20.8. The zero-order chi connectivity index (χ0) is 24.3. The van der Waals surface area contributed by atoms with Gasteiger partial charge in [0.1, 0.15) is 6.04 Å². The molecule has 2 aromatic rings. The van der Waals surface area contributed by atoms with E-state index in [4.69, 9.17) is 4.74 Å². The van der Waals surface area contributed by atoms with Crippen LogP contribution in [-0.4, -0.2) is 60.2 Å². The number of carbonyl (C=O) groups is 2. The number of piperazine rings is 1. The topological polar surface area (TPSA) is 131 Å². The van der Waals surface area contributed by atoms with Crippen molar-refractivity contribution in [3.05, 3.63) is 47.3 Å². The van der Waals surface area contributed by atoms with E-state index in [1.54, 1.807) is 18.3 Å². The van der Waals surface area contributed by atoms with Crippen LogP contribution in [0, 0.1) is 6.92 Å².